The number of benzene rings is 1. The zero-order valence-corrected chi connectivity index (χ0v) is 13.0. The van der Waals surface area contributed by atoms with E-state index in [-0.39, 0.29) is 5.69 Å². The normalized spacial score (nSPS) is 11.5. The Bertz CT molecular complexity index is 853. The molecule has 0 saturated carbocycles. The van der Waals surface area contributed by atoms with E-state index in [2.05, 4.69) is 20.7 Å². The largest absolute Gasteiger partial charge is 0.463 e. The van der Waals surface area contributed by atoms with Crippen molar-refractivity contribution in [3.8, 4) is 11.3 Å². The average molecular weight is 329 g/mol. The molecule has 2 heterocycles. The summed E-state index contributed by atoms with van der Waals surface area (Å²) in [6.07, 6.45) is 1.54. The fourth-order valence-corrected chi connectivity index (χ4v) is 2.21. The first-order valence-electron chi connectivity index (χ1n) is 6.84. The number of amides is 1. The van der Waals surface area contributed by atoms with Gasteiger partial charge in [0.05, 0.1) is 17.0 Å². The van der Waals surface area contributed by atoms with Crippen LogP contribution in [0.15, 0.2) is 58.2 Å². The minimum atomic E-state index is -0.401. The van der Waals surface area contributed by atoms with Crippen molar-refractivity contribution in [1.82, 2.24) is 15.6 Å². The second-order valence-electron chi connectivity index (χ2n) is 4.76. The number of furan rings is 1. The van der Waals surface area contributed by atoms with Gasteiger partial charge < -0.3 is 4.42 Å². The van der Waals surface area contributed by atoms with Crippen LogP contribution in [0.25, 0.3) is 11.3 Å². The highest BCUT2D eigenvalue weighted by Crippen LogP contribution is 2.26. The van der Waals surface area contributed by atoms with E-state index in [4.69, 9.17) is 16.0 Å². The van der Waals surface area contributed by atoms with Crippen molar-refractivity contribution >= 4 is 23.2 Å². The molecule has 0 aliphatic rings. The summed E-state index contributed by atoms with van der Waals surface area (Å²) in [6, 6.07) is 12.4. The van der Waals surface area contributed by atoms with Crippen LogP contribution in [0.1, 0.15) is 23.2 Å². The van der Waals surface area contributed by atoms with Crippen LogP contribution in [0.3, 0.4) is 0 Å². The van der Waals surface area contributed by atoms with Gasteiger partial charge in [0.1, 0.15) is 17.2 Å². The van der Waals surface area contributed by atoms with Gasteiger partial charge in [0.15, 0.2) is 0 Å². The van der Waals surface area contributed by atoms with Crippen LogP contribution >= 0.6 is 11.6 Å². The Balaban J connectivity index is 1.74. The van der Waals surface area contributed by atoms with Crippen LogP contribution in [-0.4, -0.2) is 21.8 Å². The molecule has 1 aromatic carbocycles. The van der Waals surface area contributed by atoms with Crippen molar-refractivity contribution in [3.63, 3.8) is 0 Å². The maximum atomic E-state index is 12.1. The van der Waals surface area contributed by atoms with E-state index in [1.54, 1.807) is 37.5 Å². The van der Waals surface area contributed by atoms with Crippen molar-refractivity contribution in [3.05, 3.63) is 65.2 Å². The molecule has 0 aliphatic carbocycles. The van der Waals surface area contributed by atoms with E-state index in [0.29, 0.717) is 22.2 Å². The highest BCUT2D eigenvalue weighted by Gasteiger charge is 2.12. The molecule has 0 fully saturated rings. The molecule has 0 unspecified atom stereocenters. The van der Waals surface area contributed by atoms with Crippen molar-refractivity contribution in [1.29, 1.82) is 0 Å². The Morgan fingerprint density at radius 3 is 2.87 bits per heavy atom. The number of rotatable bonds is 4. The summed E-state index contributed by atoms with van der Waals surface area (Å²) >= 11 is 6.12. The number of nitrogens with one attached hydrogen (secondary N) is 2. The number of hydrogen-bond acceptors (Lipinski definition) is 4. The maximum absolute atomic E-state index is 12.1. The molecule has 3 rings (SSSR count). The fraction of sp³-hybridized carbons (Fsp3) is 0.0625. The Hall–Kier alpha value is -2.86. The SMILES string of the molecule is C/C(=N\NC(=O)c1cc(-c2ccccc2Cl)n[nH]1)c1ccco1. The van der Waals surface area contributed by atoms with E-state index in [1.165, 1.54) is 0 Å². The second-order valence-corrected chi connectivity index (χ2v) is 5.17. The summed E-state index contributed by atoms with van der Waals surface area (Å²) in [4.78, 5) is 12.1. The standard InChI is InChI=1S/C16H13ClN4O2/c1-10(15-7-4-8-23-15)18-21-16(22)14-9-13(19-20-14)11-5-2-3-6-12(11)17/h2-9H,1H3,(H,19,20)(H,21,22)/b18-10+. The zero-order chi connectivity index (χ0) is 16.2. The molecule has 116 valence electrons. The number of aromatic nitrogens is 2. The number of H-pyrrole nitrogens is 1. The molecule has 0 bridgehead atoms. The number of hydrazone groups is 1. The number of nitrogens with zero attached hydrogens (tertiary/aromatic N) is 2. The van der Waals surface area contributed by atoms with Gasteiger partial charge >= 0.3 is 0 Å². The van der Waals surface area contributed by atoms with Crippen LogP contribution in [0.4, 0.5) is 0 Å². The third kappa shape index (κ3) is 3.32. The molecular weight excluding hydrogens is 316 g/mol. The van der Waals surface area contributed by atoms with Crippen molar-refractivity contribution in [2.45, 2.75) is 6.92 Å². The Labute approximate surface area is 137 Å². The van der Waals surface area contributed by atoms with E-state index >= 15 is 0 Å². The molecule has 0 saturated heterocycles. The van der Waals surface area contributed by atoms with Gasteiger partial charge in [-0.15, -0.1) is 0 Å². The van der Waals surface area contributed by atoms with E-state index in [1.807, 2.05) is 18.2 Å². The Kier molecular flexibility index (Phi) is 4.25. The molecule has 2 aromatic heterocycles. The quantitative estimate of drug-likeness (QED) is 0.568. The number of aromatic amines is 1. The first-order valence-corrected chi connectivity index (χ1v) is 7.22. The van der Waals surface area contributed by atoms with Gasteiger partial charge in [0, 0.05) is 5.56 Å². The minimum absolute atomic E-state index is 0.288. The summed E-state index contributed by atoms with van der Waals surface area (Å²) in [5.41, 5.74) is 4.64. The van der Waals surface area contributed by atoms with Gasteiger partial charge in [0.25, 0.3) is 5.91 Å². The smallest absolute Gasteiger partial charge is 0.289 e. The van der Waals surface area contributed by atoms with E-state index in [0.717, 1.165) is 5.56 Å². The third-order valence-electron chi connectivity index (χ3n) is 3.18. The molecule has 7 heteroatoms. The molecule has 3 aromatic rings. The molecule has 23 heavy (non-hydrogen) atoms. The highest BCUT2D eigenvalue weighted by molar-refractivity contribution is 6.33. The Morgan fingerprint density at radius 2 is 2.13 bits per heavy atom. The lowest BCUT2D eigenvalue weighted by atomic mass is 10.1. The molecule has 0 radical (unpaired) electrons. The summed E-state index contributed by atoms with van der Waals surface area (Å²) < 4.78 is 5.19. The van der Waals surface area contributed by atoms with Gasteiger partial charge in [0.2, 0.25) is 0 Å². The van der Waals surface area contributed by atoms with E-state index in [9.17, 15) is 4.79 Å². The molecular formula is C16H13ClN4O2. The highest BCUT2D eigenvalue weighted by atomic mass is 35.5. The van der Waals surface area contributed by atoms with Crippen molar-refractivity contribution < 1.29 is 9.21 Å². The average Bonchev–Trinajstić information content (AvgIpc) is 3.24. The van der Waals surface area contributed by atoms with Crippen molar-refractivity contribution in [2.75, 3.05) is 0 Å². The number of hydrogen-bond donors (Lipinski definition) is 2. The van der Waals surface area contributed by atoms with Crippen LogP contribution in [0, 0.1) is 0 Å². The Morgan fingerprint density at radius 1 is 1.30 bits per heavy atom. The van der Waals surface area contributed by atoms with E-state index < -0.39 is 5.91 Å². The molecule has 2 N–H and O–H groups in total. The zero-order valence-electron chi connectivity index (χ0n) is 12.2. The molecule has 0 aliphatic heterocycles. The third-order valence-corrected chi connectivity index (χ3v) is 3.50. The van der Waals surface area contributed by atoms with Gasteiger partial charge in [-0.05, 0) is 31.2 Å². The second kappa shape index (κ2) is 6.50. The van der Waals surface area contributed by atoms with Crippen LogP contribution in [0.2, 0.25) is 5.02 Å². The lowest BCUT2D eigenvalue weighted by Crippen LogP contribution is -2.19. The van der Waals surface area contributed by atoms with Gasteiger partial charge in [-0.25, -0.2) is 5.43 Å². The maximum Gasteiger partial charge on any atom is 0.289 e. The van der Waals surface area contributed by atoms with Crippen LogP contribution < -0.4 is 5.43 Å². The number of carbonyl (C=O) groups excluding carboxylic acids is 1. The summed E-state index contributed by atoms with van der Waals surface area (Å²) in [7, 11) is 0. The molecule has 0 atom stereocenters. The minimum Gasteiger partial charge on any atom is -0.463 e. The van der Waals surface area contributed by atoms with Gasteiger partial charge in [-0.3, -0.25) is 9.89 Å². The topological polar surface area (TPSA) is 83.3 Å². The monoisotopic (exact) mass is 328 g/mol. The summed E-state index contributed by atoms with van der Waals surface area (Å²) in [5, 5.41) is 11.3. The summed E-state index contributed by atoms with van der Waals surface area (Å²) in [5.74, 6) is 0.188. The fourth-order valence-electron chi connectivity index (χ4n) is 1.98. The predicted molar refractivity (Wildman–Crippen MR) is 87.4 cm³/mol. The molecule has 6 nitrogen and oxygen atoms in total. The lowest BCUT2D eigenvalue weighted by molar-refractivity contribution is 0.0950. The lowest BCUT2D eigenvalue weighted by Gasteiger charge is -1.99. The van der Waals surface area contributed by atoms with Crippen LogP contribution in [0.5, 0.6) is 0 Å². The van der Waals surface area contributed by atoms with Crippen LogP contribution in [-0.2, 0) is 0 Å². The number of carbonyl (C=O) groups is 1. The number of halogens is 1. The van der Waals surface area contributed by atoms with Gasteiger partial charge in [-0.1, -0.05) is 29.8 Å². The van der Waals surface area contributed by atoms with Gasteiger partial charge in [-0.2, -0.15) is 10.2 Å². The molecule has 0 spiro atoms. The van der Waals surface area contributed by atoms with Crippen molar-refractivity contribution in [2.24, 2.45) is 5.10 Å². The summed E-state index contributed by atoms with van der Waals surface area (Å²) in [6.45, 7) is 1.74. The first-order chi connectivity index (χ1) is 11.1. The predicted octanol–water partition coefficient (Wildman–Crippen LogP) is 3.48. The first kappa shape index (κ1) is 15.1. The molecule has 1 amide bonds.